The number of thiophene rings is 2. The average molecular weight is 1950 g/mol. The van der Waals surface area contributed by atoms with Crippen molar-refractivity contribution < 1.29 is 86.2 Å². The molecule has 7 aromatic heterocycles. The molecule has 0 radical (unpaired) electrons. The van der Waals surface area contributed by atoms with Crippen LogP contribution in [0.2, 0.25) is 5.15 Å². The van der Waals surface area contributed by atoms with Gasteiger partial charge in [-0.1, -0.05) is 35.9 Å². The number of methoxy groups -OCH3 is 2. The van der Waals surface area contributed by atoms with E-state index in [0.29, 0.717) is 119 Å². The van der Waals surface area contributed by atoms with Gasteiger partial charge in [0.1, 0.15) is 67.8 Å². The second-order valence-corrected chi connectivity index (χ2v) is 38.7. The minimum atomic E-state index is -1.10. The van der Waals surface area contributed by atoms with Crippen LogP contribution < -0.4 is 41.3 Å². The van der Waals surface area contributed by atoms with E-state index in [1.807, 2.05) is 157 Å². The number of hydrogen-bond donors (Lipinski definition) is 5. The molecule has 0 saturated carbocycles. The lowest BCUT2D eigenvalue weighted by atomic mass is 10.0. The molecule has 9 aromatic rings. The first-order valence-electron chi connectivity index (χ1n) is 44.4. The van der Waals surface area contributed by atoms with E-state index in [1.165, 1.54) is 57.6 Å². The van der Waals surface area contributed by atoms with Gasteiger partial charge < -0.3 is 93.8 Å². The zero-order chi connectivity index (χ0) is 100.0. The van der Waals surface area contributed by atoms with E-state index in [0.717, 1.165) is 84.6 Å². The van der Waals surface area contributed by atoms with Crippen molar-refractivity contribution in [3.63, 3.8) is 0 Å². The number of hydrogen-bond acceptors (Lipinski definition) is 36. The molecular formula is C94H123ClN22O18S2. The van der Waals surface area contributed by atoms with E-state index in [4.69, 9.17) is 46.1 Å². The molecule has 2 aromatic carbocycles. The van der Waals surface area contributed by atoms with Crippen LogP contribution in [0.4, 0.5) is 58.6 Å². The molecule has 12 heterocycles. The van der Waals surface area contributed by atoms with Gasteiger partial charge in [-0.2, -0.15) is 0 Å². The highest BCUT2D eigenvalue weighted by Gasteiger charge is 2.32. The van der Waals surface area contributed by atoms with E-state index in [2.05, 4.69) is 86.2 Å². The quantitative estimate of drug-likeness (QED) is 0.0259. The van der Waals surface area contributed by atoms with Gasteiger partial charge in [-0.15, -0.1) is 22.7 Å². The fourth-order valence-corrected chi connectivity index (χ4v) is 14.8. The molecule has 0 aliphatic carbocycles. The van der Waals surface area contributed by atoms with Crippen LogP contribution in [0.5, 0.6) is 0 Å². The number of nitrogens with one attached hydrogen (secondary N) is 3. The Morgan fingerprint density at radius 3 is 1.04 bits per heavy atom. The summed E-state index contributed by atoms with van der Waals surface area (Å²) in [6, 6.07) is 19.5. The molecular weight excluding hydrogens is 1820 g/mol. The molecule has 5 aliphatic heterocycles. The van der Waals surface area contributed by atoms with Crippen molar-refractivity contribution in [1.82, 2.24) is 80.1 Å². The highest BCUT2D eigenvalue weighted by molar-refractivity contribution is 7.13. The number of anilines is 6. The van der Waals surface area contributed by atoms with Crippen LogP contribution in [-0.4, -0.2) is 308 Å². The molecule has 40 nitrogen and oxygen atoms in total. The molecule has 736 valence electrons. The number of amides is 5. The lowest BCUT2D eigenvalue weighted by Gasteiger charge is -2.36. The summed E-state index contributed by atoms with van der Waals surface area (Å²) in [5.74, 6) is 0.278. The Kier molecular flexibility index (Phi) is 39.0. The number of carboxylic acids is 1. The molecule has 5 fully saturated rings. The third-order valence-corrected chi connectivity index (χ3v) is 22.0. The number of nitrogens with zero attached hydrogens (tertiary/aromatic N) is 18. The Bertz CT molecular complexity index is 5450. The van der Waals surface area contributed by atoms with E-state index in [9.17, 15) is 47.9 Å². The van der Waals surface area contributed by atoms with Gasteiger partial charge in [-0.05, 0) is 173 Å². The van der Waals surface area contributed by atoms with Crippen LogP contribution in [0.3, 0.4) is 0 Å². The van der Waals surface area contributed by atoms with Gasteiger partial charge in [0, 0.05) is 165 Å². The topological polar surface area (TPSA) is 472 Å². The predicted molar refractivity (Wildman–Crippen MR) is 520 cm³/mol. The summed E-state index contributed by atoms with van der Waals surface area (Å²) in [5.41, 5.74) is 8.94. The Balaban J connectivity index is 0.000000193. The van der Waals surface area contributed by atoms with Gasteiger partial charge in [0.2, 0.25) is 0 Å². The Morgan fingerprint density at radius 2 is 0.708 bits per heavy atom. The van der Waals surface area contributed by atoms with Crippen molar-refractivity contribution in [2.75, 3.05) is 176 Å². The molecule has 5 aliphatic rings. The maximum Gasteiger partial charge on any atom is 0.412 e. The number of carboxylic acid groups (broad SMARTS) is 1. The van der Waals surface area contributed by atoms with Gasteiger partial charge in [-0.3, -0.25) is 14.9 Å². The largest absolute Gasteiger partial charge is 0.476 e. The molecule has 0 unspecified atom stereocenters. The maximum atomic E-state index is 13.3. The van der Waals surface area contributed by atoms with E-state index in [1.54, 1.807) is 87.7 Å². The summed E-state index contributed by atoms with van der Waals surface area (Å²) in [6.45, 7) is 41.2. The summed E-state index contributed by atoms with van der Waals surface area (Å²) in [5, 5.41) is 22.3. The van der Waals surface area contributed by atoms with Crippen LogP contribution in [0.15, 0.2) is 133 Å². The number of nitrogens with two attached hydrogens (primary N) is 1. The lowest BCUT2D eigenvalue weighted by Crippen LogP contribution is -2.50. The summed E-state index contributed by atoms with van der Waals surface area (Å²) >= 11 is 8.69. The number of nitrogen functional groups attached to an aromatic ring is 1. The lowest BCUT2D eigenvalue weighted by molar-refractivity contribution is 0.0221. The van der Waals surface area contributed by atoms with E-state index in [-0.39, 0.29) is 82.3 Å². The number of rotatable bonds is 16. The first-order chi connectivity index (χ1) is 64.8. The van der Waals surface area contributed by atoms with Crippen molar-refractivity contribution in [1.29, 1.82) is 0 Å². The molecule has 5 saturated heterocycles. The number of aromatic carboxylic acids is 1. The number of carbonyl (C=O) groups is 10. The summed E-state index contributed by atoms with van der Waals surface area (Å²) < 4.78 is 35.8. The van der Waals surface area contributed by atoms with Crippen LogP contribution in [0.1, 0.15) is 167 Å². The first-order valence-corrected chi connectivity index (χ1v) is 46.5. The van der Waals surface area contributed by atoms with Crippen molar-refractivity contribution in [2.45, 2.75) is 145 Å². The Morgan fingerprint density at radius 1 is 0.387 bits per heavy atom. The third kappa shape index (κ3) is 35.6. The fraction of sp³-hybridized carbons (Fsp3) is 0.468. The molecule has 5 amide bonds. The molecule has 0 bridgehead atoms. The van der Waals surface area contributed by atoms with Gasteiger partial charge in [0.05, 0.1) is 76.2 Å². The van der Waals surface area contributed by atoms with Crippen molar-refractivity contribution >= 4 is 129 Å². The number of Topliss-reactive ketones (excluding diaryl/α,β-unsaturated/α-hetero) is 2. The Hall–Kier alpha value is -13.5. The number of halogens is 1. The number of benzene rings is 2. The minimum absolute atomic E-state index is 0.0208. The smallest absolute Gasteiger partial charge is 0.412 e. The number of aromatic nitrogens is 10. The van der Waals surface area contributed by atoms with Crippen LogP contribution in [-0.2, 0) is 46.0 Å². The Labute approximate surface area is 810 Å². The summed E-state index contributed by atoms with van der Waals surface area (Å²) in [4.78, 5) is 177. The number of ketones is 2. The fourth-order valence-electron chi connectivity index (χ4n) is 13.2. The predicted octanol–water partition coefficient (Wildman–Crippen LogP) is 13.0. The van der Waals surface area contributed by atoms with Gasteiger partial charge in [-0.25, -0.2) is 88.2 Å². The standard InChI is InChI=1S/C30H37N5O5S.C20H21N5OS.C15H22N4O4.C14H20N4O4.C9H18N2O2.C6H5ClN2O2/c1-29(2,3)39-27(37)33-22-10-9-20(25-8-7-15-41-25)16-21(22)17-24(36)23-18-32-26(19-31-23)34-11-13-35(14-12-34)28(38)40-30(4,5)6;21-16-4-3-14(19-2-1-9-27-19)10-15(16)11-18(26)17-12-24-20(13-23-17)25-7-5-22-6-8-25;1-15(2,3)23-14(21)19-7-5-18(6-8-19)12-10-16-11(9-17-12)13(20)22-4;1-14(2,3)22-13(21)18-6-4-17(5-7-18)11-9-15-10(8-16-11)12(19)20;1-9(2,3)13-8(12)11-6-4-10-5-7-11;1-11-6(10)4-2-9-5(7)3-8-4/h7-10,15-16,18-19H,11-14,17H2,1-6H3,(H,33,37);1-4,9-10,12-13,22H,5-8,11,21H2;9-10H,5-8H2,1-4H3;8-9H,4-7H2,1-3H3,(H,19,20);10H,4-7H2,1-3H3;2-3H,1H3. The van der Waals surface area contributed by atoms with Crippen LogP contribution in [0.25, 0.3) is 20.9 Å². The molecule has 137 heavy (non-hydrogen) atoms. The average Bonchev–Trinajstić information content (AvgIpc) is 1.76. The minimum Gasteiger partial charge on any atom is -0.476 e. The maximum absolute atomic E-state index is 13.3. The molecule has 6 N–H and O–H groups in total. The molecule has 43 heteroatoms. The summed E-state index contributed by atoms with van der Waals surface area (Å²) in [7, 11) is 2.58. The van der Waals surface area contributed by atoms with Gasteiger partial charge in [0.25, 0.3) is 0 Å². The highest BCUT2D eigenvalue weighted by atomic mass is 35.5. The molecule has 0 spiro atoms. The first kappa shape index (κ1) is 107. The third-order valence-electron chi connectivity index (χ3n) is 19.9. The zero-order valence-electron chi connectivity index (χ0n) is 80.5. The van der Waals surface area contributed by atoms with Gasteiger partial charge in [0.15, 0.2) is 28.6 Å². The SMILES string of the molecule is CC(C)(C)OC(=O)N1CCN(c2cnc(C(=O)O)cn2)CC1.CC(C)(C)OC(=O)N1CCNCC1.CC(C)(C)OC(=O)Nc1ccc(-c2cccs2)cc1CC(=O)c1cnc(N2CCN(C(=O)OC(C)(C)C)CC2)cn1.COC(=O)c1cnc(Cl)cn1.COC(=O)c1cnc(N2CCN(C(=O)OC(C)(C)C)CC2)cn1.Nc1ccc(-c2cccs2)cc1CC(=O)c1cnc(N2CCNCC2)cn1. The van der Waals surface area contributed by atoms with Crippen molar-refractivity contribution in [2.24, 2.45) is 0 Å². The van der Waals surface area contributed by atoms with E-state index < -0.39 is 46.4 Å². The number of carbonyl (C=O) groups excluding carboxylic acids is 9. The van der Waals surface area contributed by atoms with Crippen LogP contribution >= 0.6 is 34.3 Å². The zero-order valence-corrected chi connectivity index (χ0v) is 82.9. The van der Waals surface area contributed by atoms with Crippen molar-refractivity contribution in [3.8, 4) is 20.9 Å². The monoisotopic (exact) mass is 1950 g/mol. The summed E-state index contributed by atoms with van der Waals surface area (Å²) in [6.07, 6.45) is 12.9. The van der Waals surface area contributed by atoms with E-state index >= 15 is 0 Å². The number of esters is 2. The second-order valence-electron chi connectivity index (χ2n) is 36.4. The normalized spacial score (nSPS) is 14.6. The van der Waals surface area contributed by atoms with Crippen molar-refractivity contribution in [3.05, 3.63) is 178 Å². The van der Waals surface area contributed by atoms with Crippen LogP contribution in [0, 0.1) is 0 Å². The van der Waals surface area contributed by atoms with Gasteiger partial charge >= 0.3 is 48.4 Å². The molecule has 14 rings (SSSR count). The number of piperazine rings is 5. The number of ether oxygens (including phenoxy) is 7. The highest BCUT2D eigenvalue weighted by Crippen LogP contribution is 2.33. The molecule has 0 atom stereocenters. The second kappa shape index (κ2) is 49.9.